The van der Waals surface area contributed by atoms with Crippen molar-refractivity contribution < 1.29 is 14.9 Å². The summed E-state index contributed by atoms with van der Waals surface area (Å²) >= 11 is 0. The highest BCUT2D eigenvalue weighted by Crippen LogP contribution is 2.29. The number of H-pyrrole nitrogens is 1. The van der Waals surface area contributed by atoms with Gasteiger partial charge in [0.15, 0.2) is 17.4 Å². The summed E-state index contributed by atoms with van der Waals surface area (Å²) in [4.78, 5) is 17.9. The quantitative estimate of drug-likeness (QED) is 0.476. The van der Waals surface area contributed by atoms with E-state index in [4.69, 9.17) is 15.6 Å². The van der Waals surface area contributed by atoms with Gasteiger partial charge in [-0.25, -0.2) is 0 Å². The summed E-state index contributed by atoms with van der Waals surface area (Å²) in [6.07, 6.45) is -1.93. The third-order valence-corrected chi connectivity index (χ3v) is 3.01. The number of ether oxygens (including phenoxy) is 1. The number of nitrogen functional groups attached to an aromatic ring is 1. The average molecular weight is 268 g/mol. The van der Waals surface area contributed by atoms with Crippen LogP contribution in [0.1, 0.15) is 12.6 Å². The van der Waals surface area contributed by atoms with Crippen LogP contribution in [0.15, 0.2) is 4.79 Å². The van der Waals surface area contributed by atoms with Gasteiger partial charge >= 0.3 is 0 Å². The Kier molecular flexibility index (Phi) is 2.69. The molecule has 19 heavy (non-hydrogen) atoms. The van der Waals surface area contributed by atoms with Crippen LogP contribution < -0.4 is 11.3 Å². The van der Waals surface area contributed by atoms with Gasteiger partial charge in [0.25, 0.3) is 5.56 Å². The first-order chi connectivity index (χ1) is 9.10. The highest BCUT2D eigenvalue weighted by molar-refractivity contribution is 5.69. The molecule has 0 spiro atoms. The normalized spacial score (nSPS) is 27.2. The van der Waals surface area contributed by atoms with Gasteiger partial charge in [0.05, 0.1) is 12.7 Å². The Morgan fingerprint density at radius 2 is 2.37 bits per heavy atom. The summed E-state index contributed by atoms with van der Waals surface area (Å²) in [6.45, 7) is -0.305. The predicted octanol–water partition coefficient (Wildman–Crippen LogP) is -2.26. The molecule has 0 unspecified atom stereocenters. The molecule has 10 nitrogen and oxygen atoms in total. The highest BCUT2D eigenvalue weighted by Gasteiger charge is 2.36. The Labute approximate surface area is 105 Å². The summed E-state index contributed by atoms with van der Waals surface area (Å²) in [5.74, 6) is -0.0571. The Morgan fingerprint density at radius 3 is 3.05 bits per heavy atom. The van der Waals surface area contributed by atoms with E-state index in [1.165, 1.54) is 4.68 Å². The van der Waals surface area contributed by atoms with Gasteiger partial charge in [-0.3, -0.25) is 9.78 Å². The number of aliphatic hydroxyl groups is 2. The maximum atomic E-state index is 11.6. The largest absolute Gasteiger partial charge is 0.394 e. The van der Waals surface area contributed by atoms with E-state index in [-0.39, 0.29) is 30.1 Å². The van der Waals surface area contributed by atoms with Gasteiger partial charge in [-0.1, -0.05) is 5.21 Å². The Bertz CT molecular complexity index is 666. The number of nitrogens with zero attached hydrogens (tertiary/aromatic N) is 4. The van der Waals surface area contributed by atoms with Crippen molar-refractivity contribution in [3.63, 3.8) is 0 Å². The number of fused-ring (bicyclic) bond motifs is 1. The Hall–Kier alpha value is -2.04. The van der Waals surface area contributed by atoms with Crippen LogP contribution in [0.3, 0.4) is 0 Å². The molecule has 3 atom stereocenters. The highest BCUT2D eigenvalue weighted by atomic mass is 16.5. The Morgan fingerprint density at radius 1 is 1.58 bits per heavy atom. The topological polar surface area (TPSA) is 152 Å². The van der Waals surface area contributed by atoms with Crippen molar-refractivity contribution >= 4 is 17.1 Å². The molecular formula is C9H12N6O4. The van der Waals surface area contributed by atoms with Crippen molar-refractivity contribution in [3.05, 3.63) is 10.4 Å². The van der Waals surface area contributed by atoms with Crippen LogP contribution in [-0.4, -0.2) is 54.0 Å². The fraction of sp³-hybridized carbons (Fsp3) is 0.556. The van der Waals surface area contributed by atoms with Crippen molar-refractivity contribution in [2.75, 3.05) is 12.3 Å². The van der Waals surface area contributed by atoms with Crippen LogP contribution in [0.4, 0.5) is 5.95 Å². The molecule has 0 aromatic carbocycles. The average Bonchev–Trinajstić information content (AvgIpc) is 2.92. The monoisotopic (exact) mass is 268 g/mol. The molecule has 10 heteroatoms. The number of hydrogen-bond donors (Lipinski definition) is 4. The number of aromatic amines is 1. The van der Waals surface area contributed by atoms with E-state index in [0.717, 1.165) is 0 Å². The lowest BCUT2D eigenvalue weighted by Crippen LogP contribution is -2.24. The maximum absolute atomic E-state index is 11.6. The smallest absolute Gasteiger partial charge is 0.282 e. The second kappa shape index (κ2) is 4.26. The van der Waals surface area contributed by atoms with Crippen LogP contribution >= 0.6 is 0 Å². The van der Waals surface area contributed by atoms with E-state index in [9.17, 15) is 9.90 Å². The van der Waals surface area contributed by atoms with Gasteiger partial charge < -0.3 is 20.7 Å². The predicted molar refractivity (Wildman–Crippen MR) is 62.0 cm³/mol. The van der Waals surface area contributed by atoms with E-state index >= 15 is 0 Å². The van der Waals surface area contributed by atoms with Crippen LogP contribution in [-0.2, 0) is 4.74 Å². The van der Waals surface area contributed by atoms with E-state index in [0.29, 0.717) is 0 Å². The molecule has 5 N–H and O–H groups in total. The number of aromatic nitrogens is 5. The summed E-state index contributed by atoms with van der Waals surface area (Å²) in [5, 5.41) is 26.2. The van der Waals surface area contributed by atoms with Crippen molar-refractivity contribution in [1.29, 1.82) is 0 Å². The first-order valence-corrected chi connectivity index (χ1v) is 5.65. The summed E-state index contributed by atoms with van der Waals surface area (Å²) in [6, 6.07) is 0. The van der Waals surface area contributed by atoms with Gasteiger partial charge in [0, 0.05) is 6.42 Å². The van der Waals surface area contributed by atoms with Crippen molar-refractivity contribution in [2.24, 2.45) is 0 Å². The maximum Gasteiger partial charge on any atom is 0.282 e. The van der Waals surface area contributed by atoms with Crippen molar-refractivity contribution in [1.82, 2.24) is 25.0 Å². The number of aliphatic hydroxyl groups excluding tert-OH is 2. The molecular weight excluding hydrogens is 256 g/mol. The van der Waals surface area contributed by atoms with Crippen molar-refractivity contribution in [2.45, 2.75) is 24.9 Å². The standard InChI is InChI=1S/C9H12N6O4/c10-9-11-7-6(8(18)12-9)13-14-15(7)5-1-3(17)4(2-16)19-5/h3-5,16-17H,1-2H2,(H3,10,11,12,18)/t3-,4-,5+/m1/s1. The lowest BCUT2D eigenvalue weighted by Gasteiger charge is -2.11. The lowest BCUT2D eigenvalue weighted by molar-refractivity contribution is -0.0476. The third kappa shape index (κ3) is 1.85. The first kappa shape index (κ1) is 12.0. The number of rotatable bonds is 2. The van der Waals surface area contributed by atoms with E-state index < -0.39 is 24.0 Å². The minimum atomic E-state index is -0.811. The van der Waals surface area contributed by atoms with Gasteiger partial charge in [0.1, 0.15) is 6.10 Å². The molecule has 1 fully saturated rings. The zero-order valence-electron chi connectivity index (χ0n) is 9.72. The molecule has 102 valence electrons. The van der Waals surface area contributed by atoms with Crippen LogP contribution in [0.2, 0.25) is 0 Å². The SMILES string of the molecule is Nc1nc2c(nnn2[C@@H]2C[C@@H](O)[C@@H](CO)O2)c(=O)[nH]1. The van der Waals surface area contributed by atoms with E-state index in [1.54, 1.807) is 0 Å². The second-order valence-electron chi connectivity index (χ2n) is 4.27. The zero-order valence-corrected chi connectivity index (χ0v) is 9.72. The minimum Gasteiger partial charge on any atom is -0.394 e. The van der Waals surface area contributed by atoms with Gasteiger partial charge in [-0.15, -0.1) is 5.10 Å². The molecule has 0 radical (unpaired) electrons. The summed E-state index contributed by atoms with van der Waals surface area (Å²) in [7, 11) is 0. The van der Waals surface area contributed by atoms with Gasteiger partial charge in [-0.05, 0) is 0 Å². The lowest BCUT2D eigenvalue weighted by atomic mass is 10.2. The fourth-order valence-electron chi connectivity index (χ4n) is 2.08. The zero-order chi connectivity index (χ0) is 13.6. The van der Waals surface area contributed by atoms with Crippen molar-refractivity contribution in [3.8, 4) is 0 Å². The van der Waals surface area contributed by atoms with E-state index in [1.807, 2.05) is 0 Å². The molecule has 0 bridgehead atoms. The summed E-state index contributed by atoms with van der Waals surface area (Å²) < 4.78 is 6.70. The molecule has 3 heterocycles. The fourth-order valence-corrected chi connectivity index (χ4v) is 2.08. The number of hydrogen-bond acceptors (Lipinski definition) is 8. The molecule has 2 aromatic rings. The minimum absolute atomic E-state index is 0.0414. The summed E-state index contributed by atoms with van der Waals surface area (Å²) in [5.41, 5.74) is 5.19. The molecule has 0 saturated carbocycles. The first-order valence-electron chi connectivity index (χ1n) is 5.65. The van der Waals surface area contributed by atoms with E-state index in [2.05, 4.69) is 20.3 Å². The second-order valence-corrected chi connectivity index (χ2v) is 4.27. The van der Waals surface area contributed by atoms with Gasteiger partial charge in [0.2, 0.25) is 5.95 Å². The molecule has 1 aliphatic rings. The number of anilines is 1. The molecule has 2 aromatic heterocycles. The number of nitrogens with two attached hydrogens (primary N) is 1. The molecule has 3 rings (SSSR count). The van der Waals surface area contributed by atoms with Gasteiger partial charge in [-0.2, -0.15) is 9.67 Å². The van der Waals surface area contributed by atoms with Crippen LogP contribution in [0.25, 0.3) is 11.2 Å². The Balaban J connectivity index is 2.05. The molecule has 0 aliphatic carbocycles. The third-order valence-electron chi connectivity index (χ3n) is 3.01. The van der Waals surface area contributed by atoms with Crippen LogP contribution in [0, 0.1) is 0 Å². The van der Waals surface area contributed by atoms with Crippen LogP contribution in [0.5, 0.6) is 0 Å². The number of nitrogens with one attached hydrogen (secondary N) is 1. The molecule has 1 aliphatic heterocycles. The molecule has 0 amide bonds. The molecule has 1 saturated heterocycles.